The van der Waals surface area contributed by atoms with Crippen LogP contribution in [0.25, 0.3) is 33.2 Å². The number of fused-ring (bicyclic) bond motifs is 2. The van der Waals surface area contributed by atoms with E-state index in [0.29, 0.717) is 5.92 Å². The Labute approximate surface area is 191 Å². The Balaban J connectivity index is 1.74. The predicted molar refractivity (Wildman–Crippen MR) is 138 cm³/mol. The van der Waals surface area contributed by atoms with Crippen molar-refractivity contribution in [3.63, 3.8) is 0 Å². The molecular weight excluding hydrogens is 388 g/mol. The lowest BCUT2D eigenvalue weighted by atomic mass is 9.87. The minimum atomic E-state index is 0.0861. The molecule has 2 aromatic heterocycles. The molecule has 0 N–H and O–H groups in total. The Morgan fingerprint density at radius 1 is 0.781 bits per heavy atom. The normalized spacial score (nSPS) is 13.2. The lowest BCUT2D eigenvalue weighted by Gasteiger charge is -2.17. The van der Waals surface area contributed by atoms with Gasteiger partial charge in [-0.2, -0.15) is 0 Å². The fraction of sp³-hybridized carbons (Fsp3) is 0.267. The SMILES string of the molecule is CCC(C)c1cc2ccccc2n1-c1cccc(-n2cc(C(C)(C)C)c3ccccc32)c1. The van der Waals surface area contributed by atoms with Crippen LogP contribution in [0.15, 0.2) is 85.1 Å². The summed E-state index contributed by atoms with van der Waals surface area (Å²) in [6.07, 6.45) is 3.44. The first-order valence-corrected chi connectivity index (χ1v) is 11.7. The van der Waals surface area contributed by atoms with Crippen molar-refractivity contribution >= 4 is 21.8 Å². The molecule has 162 valence electrons. The van der Waals surface area contributed by atoms with Crippen molar-refractivity contribution in [2.24, 2.45) is 0 Å². The van der Waals surface area contributed by atoms with Gasteiger partial charge in [-0.05, 0) is 59.7 Å². The van der Waals surface area contributed by atoms with Crippen LogP contribution in [0.1, 0.15) is 58.2 Å². The third-order valence-electron chi connectivity index (χ3n) is 6.74. The largest absolute Gasteiger partial charge is 0.316 e. The Morgan fingerprint density at radius 2 is 1.47 bits per heavy atom. The van der Waals surface area contributed by atoms with Gasteiger partial charge in [-0.1, -0.05) is 77.1 Å². The maximum absolute atomic E-state index is 2.45. The monoisotopic (exact) mass is 420 g/mol. The molecule has 2 nitrogen and oxygen atoms in total. The number of aromatic nitrogens is 2. The van der Waals surface area contributed by atoms with Gasteiger partial charge in [0.25, 0.3) is 0 Å². The molecule has 2 heteroatoms. The maximum atomic E-state index is 2.45. The minimum Gasteiger partial charge on any atom is -0.316 e. The van der Waals surface area contributed by atoms with E-state index in [0.717, 1.165) is 6.42 Å². The number of hydrogen-bond donors (Lipinski definition) is 0. The molecule has 0 bridgehead atoms. The van der Waals surface area contributed by atoms with Crippen LogP contribution >= 0.6 is 0 Å². The first kappa shape index (κ1) is 20.6. The van der Waals surface area contributed by atoms with Crippen LogP contribution in [0.5, 0.6) is 0 Å². The van der Waals surface area contributed by atoms with Crippen LogP contribution in [0, 0.1) is 0 Å². The summed E-state index contributed by atoms with van der Waals surface area (Å²) in [5.74, 6) is 0.492. The summed E-state index contributed by atoms with van der Waals surface area (Å²) in [4.78, 5) is 0. The molecule has 0 fully saturated rings. The third kappa shape index (κ3) is 3.35. The molecule has 1 atom stereocenters. The third-order valence-corrected chi connectivity index (χ3v) is 6.74. The van der Waals surface area contributed by atoms with Crippen LogP contribution in [-0.2, 0) is 5.41 Å². The Bertz CT molecular complexity index is 1410. The summed E-state index contributed by atoms with van der Waals surface area (Å²) in [7, 11) is 0. The minimum absolute atomic E-state index is 0.0861. The van der Waals surface area contributed by atoms with Crippen LogP contribution in [0.3, 0.4) is 0 Å². The van der Waals surface area contributed by atoms with Crippen molar-refractivity contribution in [1.82, 2.24) is 9.13 Å². The zero-order valence-electron chi connectivity index (χ0n) is 19.8. The molecule has 0 saturated heterocycles. The van der Waals surface area contributed by atoms with Crippen molar-refractivity contribution in [1.29, 1.82) is 0 Å². The van der Waals surface area contributed by atoms with E-state index in [4.69, 9.17) is 0 Å². The summed E-state index contributed by atoms with van der Waals surface area (Å²) in [5.41, 5.74) is 7.78. The summed E-state index contributed by atoms with van der Waals surface area (Å²) >= 11 is 0. The standard InChI is InChI=1S/C30H32N2/c1-6-21(2)29-18-22-12-7-9-16-27(22)32(29)24-14-11-13-23(19-24)31-20-26(30(3,4)5)25-15-8-10-17-28(25)31/h7-21H,6H2,1-5H3. The Kier molecular flexibility index (Phi) is 4.97. The highest BCUT2D eigenvalue weighted by atomic mass is 15.0. The van der Waals surface area contributed by atoms with Crippen molar-refractivity contribution in [2.45, 2.75) is 52.4 Å². The Hall–Kier alpha value is -3.26. The molecule has 0 saturated carbocycles. The first-order chi connectivity index (χ1) is 15.4. The summed E-state index contributed by atoms with van der Waals surface area (Å²) in [6, 6.07) is 28.8. The van der Waals surface area contributed by atoms with E-state index in [1.165, 1.54) is 44.4 Å². The zero-order valence-corrected chi connectivity index (χ0v) is 19.8. The van der Waals surface area contributed by atoms with Gasteiger partial charge in [0, 0.05) is 34.0 Å². The molecule has 2 heterocycles. The molecular formula is C30H32N2. The molecule has 0 amide bonds. The van der Waals surface area contributed by atoms with Crippen molar-refractivity contribution in [3.8, 4) is 11.4 Å². The number of nitrogens with zero attached hydrogens (tertiary/aromatic N) is 2. The van der Waals surface area contributed by atoms with Gasteiger partial charge in [0.1, 0.15) is 0 Å². The molecule has 3 aromatic carbocycles. The number of benzene rings is 3. The fourth-order valence-electron chi connectivity index (χ4n) is 4.81. The highest BCUT2D eigenvalue weighted by Gasteiger charge is 2.21. The van der Waals surface area contributed by atoms with Gasteiger partial charge in [-0.25, -0.2) is 0 Å². The molecule has 0 spiro atoms. The molecule has 0 aliphatic heterocycles. The van der Waals surface area contributed by atoms with Crippen LogP contribution in [-0.4, -0.2) is 9.13 Å². The van der Waals surface area contributed by atoms with Crippen molar-refractivity contribution in [3.05, 3.63) is 96.3 Å². The maximum Gasteiger partial charge on any atom is 0.0531 e. The molecule has 0 aliphatic rings. The van der Waals surface area contributed by atoms with E-state index >= 15 is 0 Å². The van der Waals surface area contributed by atoms with E-state index in [1.54, 1.807) is 0 Å². The molecule has 5 rings (SSSR count). The number of para-hydroxylation sites is 2. The fourth-order valence-corrected chi connectivity index (χ4v) is 4.81. The van der Waals surface area contributed by atoms with E-state index in [-0.39, 0.29) is 5.41 Å². The Morgan fingerprint density at radius 3 is 2.22 bits per heavy atom. The van der Waals surface area contributed by atoms with E-state index in [1.807, 2.05) is 0 Å². The average Bonchev–Trinajstić information content (AvgIpc) is 3.38. The number of rotatable bonds is 4. The molecule has 5 aromatic rings. The van der Waals surface area contributed by atoms with Crippen LogP contribution < -0.4 is 0 Å². The predicted octanol–water partition coefficient (Wildman–Crippen LogP) is 8.39. The van der Waals surface area contributed by atoms with Gasteiger partial charge in [-0.3, -0.25) is 0 Å². The topological polar surface area (TPSA) is 9.86 Å². The van der Waals surface area contributed by atoms with Crippen LogP contribution in [0.2, 0.25) is 0 Å². The highest BCUT2D eigenvalue weighted by molar-refractivity contribution is 5.87. The lowest BCUT2D eigenvalue weighted by molar-refractivity contribution is 0.594. The molecule has 1 unspecified atom stereocenters. The van der Waals surface area contributed by atoms with E-state index in [2.05, 4.69) is 129 Å². The number of hydrogen-bond acceptors (Lipinski definition) is 0. The lowest BCUT2D eigenvalue weighted by Crippen LogP contribution is -2.10. The first-order valence-electron chi connectivity index (χ1n) is 11.7. The van der Waals surface area contributed by atoms with Crippen molar-refractivity contribution in [2.75, 3.05) is 0 Å². The van der Waals surface area contributed by atoms with Crippen molar-refractivity contribution < 1.29 is 0 Å². The second-order valence-corrected chi connectivity index (χ2v) is 9.97. The van der Waals surface area contributed by atoms with Crippen LogP contribution in [0.4, 0.5) is 0 Å². The van der Waals surface area contributed by atoms with Gasteiger partial charge < -0.3 is 9.13 Å². The van der Waals surface area contributed by atoms with Gasteiger partial charge in [-0.15, -0.1) is 0 Å². The second kappa shape index (κ2) is 7.70. The van der Waals surface area contributed by atoms with Gasteiger partial charge >= 0.3 is 0 Å². The van der Waals surface area contributed by atoms with E-state index < -0.39 is 0 Å². The van der Waals surface area contributed by atoms with Gasteiger partial charge in [0.15, 0.2) is 0 Å². The molecule has 0 aliphatic carbocycles. The molecule has 0 radical (unpaired) electrons. The smallest absolute Gasteiger partial charge is 0.0531 e. The highest BCUT2D eigenvalue weighted by Crippen LogP contribution is 2.35. The quantitative estimate of drug-likeness (QED) is 0.276. The molecule has 32 heavy (non-hydrogen) atoms. The second-order valence-electron chi connectivity index (χ2n) is 9.97. The average molecular weight is 421 g/mol. The zero-order chi connectivity index (χ0) is 22.5. The summed E-state index contributed by atoms with van der Waals surface area (Å²) in [6.45, 7) is 11.5. The van der Waals surface area contributed by atoms with E-state index in [9.17, 15) is 0 Å². The van der Waals surface area contributed by atoms with Gasteiger partial charge in [0.2, 0.25) is 0 Å². The summed E-state index contributed by atoms with van der Waals surface area (Å²) in [5, 5.41) is 2.63. The summed E-state index contributed by atoms with van der Waals surface area (Å²) < 4.78 is 4.80. The van der Waals surface area contributed by atoms with Gasteiger partial charge in [0.05, 0.1) is 11.0 Å².